The highest BCUT2D eigenvalue weighted by molar-refractivity contribution is 7.46. The Bertz CT molecular complexity index is 2090. The summed E-state index contributed by atoms with van der Waals surface area (Å²) in [7, 11) is -4.74. The summed E-state index contributed by atoms with van der Waals surface area (Å²) < 4.78 is 18.1. The van der Waals surface area contributed by atoms with E-state index in [1.54, 1.807) is 10.8 Å². The van der Waals surface area contributed by atoms with Gasteiger partial charge in [0.15, 0.2) is 5.65 Å². The fourth-order valence-corrected chi connectivity index (χ4v) is 5.79. The molecule has 4 heterocycles. The number of fused-ring (bicyclic) bond motifs is 2. The van der Waals surface area contributed by atoms with Crippen LogP contribution in [0, 0.1) is 13.8 Å². The molecular weight excluding hydrogens is 589 g/mol. The van der Waals surface area contributed by atoms with Gasteiger partial charge in [-0.2, -0.15) is 0 Å². The number of benzene rings is 3. The molecule has 3 aromatic heterocycles. The van der Waals surface area contributed by atoms with Crippen LogP contribution in [0.4, 0.5) is 28.4 Å². The molecule has 7 rings (SSSR count). The van der Waals surface area contributed by atoms with Crippen LogP contribution in [0.15, 0.2) is 85.1 Å². The Morgan fingerprint density at radius 2 is 1.69 bits per heavy atom. The van der Waals surface area contributed by atoms with Gasteiger partial charge in [-0.1, -0.05) is 12.1 Å². The highest BCUT2D eigenvalue weighted by Gasteiger charge is 2.20. The highest BCUT2D eigenvalue weighted by atomic mass is 31.2. The van der Waals surface area contributed by atoms with Crippen LogP contribution in [0.2, 0.25) is 0 Å². The van der Waals surface area contributed by atoms with Crippen molar-refractivity contribution < 1.29 is 18.9 Å². The lowest BCUT2D eigenvalue weighted by atomic mass is 10.1. The van der Waals surface area contributed by atoms with E-state index in [4.69, 9.17) is 14.5 Å². The van der Waals surface area contributed by atoms with Crippen molar-refractivity contribution in [2.75, 3.05) is 28.6 Å². The number of pyridine rings is 2. The smallest absolute Gasteiger partial charge is 0.371 e. The Morgan fingerprint density at radius 3 is 2.42 bits per heavy atom. The van der Waals surface area contributed by atoms with Gasteiger partial charge in [0.2, 0.25) is 0 Å². The van der Waals surface area contributed by atoms with E-state index in [9.17, 15) is 14.4 Å². The van der Waals surface area contributed by atoms with Crippen LogP contribution in [-0.4, -0.2) is 42.4 Å². The number of rotatable bonds is 9. The molecule has 11 nitrogen and oxygen atoms in total. The number of anilines is 5. The van der Waals surface area contributed by atoms with Gasteiger partial charge in [0, 0.05) is 52.5 Å². The number of hydrogen-bond acceptors (Lipinski definition) is 8. The third-order valence-corrected chi connectivity index (χ3v) is 8.26. The van der Waals surface area contributed by atoms with Crippen LogP contribution in [0.3, 0.4) is 0 Å². The fourth-order valence-electron chi connectivity index (χ4n) is 5.52. The summed E-state index contributed by atoms with van der Waals surface area (Å²) in [5.74, 6) is 0.467. The zero-order valence-electron chi connectivity index (χ0n) is 24.8. The molecule has 1 fully saturated rings. The molecule has 6 aromatic rings. The van der Waals surface area contributed by atoms with Crippen molar-refractivity contribution in [3.05, 3.63) is 96.3 Å². The first-order chi connectivity index (χ1) is 21.7. The van der Waals surface area contributed by atoms with E-state index in [0.29, 0.717) is 17.0 Å². The Balaban J connectivity index is 1.21. The maximum Gasteiger partial charge on any atom is 0.471 e. The SMILES string of the molecule is Cc1cccc(Nc2cnc3c(c2)nc(-c2ccc(Nc4cc(C)nc5ccc(N6CCC6)cc45)cc2)n3COP(=O)(O)O)c1. The van der Waals surface area contributed by atoms with Crippen molar-refractivity contribution >= 4 is 58.3 Å². The number of hydrogen-bond donors (Lipinski definition) is 4. The molecule has 0 unspecified atom stereocenters. The molecule has 1 saturated heterocycles. The van der Waals surface area contributed by atoms with Gasteiger partial charge in [-0.05, 0) is 92.6 Å². The van der Waals surface area contributed by atoms with Crippen LogP contribution < -0.4 is 15.5 Å². The van der Waals surface area contributed by atoms with Gasteiger partial charge >= 0.3 is 7.82 Å². The summed E-state index contributed by atoms with van der Waals surface area (Å²) in [5.41, 5.74) is 9.37. The Labute approximate surface area is 259 Å². The largest absolute Gasteiger partial charge is 0.471 e. The minimum Gasteiger partial charge on any atom is -0.371 e. The number of nitrogens with one attached hydrogen (secondary N) is 2. The minimum absolute atomic E-state index is 0.421. The summed E-state index contributed by atoms with van der Waals surface area (Å²) >= 11 is 0. The van der Waals surface area contributed by atoms with E-state index in [-0.39, 0.29) is 0 Å². The third-order valence-electron chi connectivity index (χ3n) is 7.81. The van der Waals surface area contributed by atoms with Crippen molar-refractivity contribution in [3.8, 4) is 11.4 Å². The van der Waals surface area contributed by atoms with E-state index >= 15 is 0 Å². The van der Waals surface area contributed by atoms with Crippen molar-refractivity contribution in [2.24, 2.45) is 0 Å². The zero-order valence-corrected chi connectivity index (χ0v) is 25.7. The van der Waals surface area contributed by atoms with Crippen molar-refractivity contribution in [1.29, 1.82) is 0 Å². The Kier molecular flexibility index (Phi) is 7.47. The van der Waals surface area contributed by atoms with Gasteiger partial charge in [-0.25, -0.2) is 14.5 Å². The van der Waals surface area contributed by atoms with Gasteiger partial charge in [-0.3, -0.25) is 14.1 Å². The van der Waals surface area contributed by atoms with Crippen LogP contribution in [0.1, 0.15) is 17.7 Å². The fraction of sp³-hybridized carbons (Fsp3) is 0.182. The molecule has 1 aliphatic rings. The molecule has 0 bridgehead atoms. The van der Waals surface area contributed by atoms with Gasteiger partial charge in [0.1, 0.15) is 18.1 Å². The second-order valence-corrected chi connectivity index (χ2v) is 12.5. The zero-order chi connectivity index (χ0) is 31.1. The molecular formula is C33H32N7O4P. The second kappa shape index (κ2) is 11.6. The number of aryl methyl sites for hydroxylation is 2. The van der Waals surface area contributed by atoms with Crippen molar-refractivity contribution in [3.63, 3.8) is 0 Å². The van der Waals surface area contributed by atoms with E-state index < -0.39 is 14.6 Å². The lowest BCUT2D eigenvalue weighted by molar-refractivity contribution is 0.156. The van der Waals surface area contributed by atoms with Crippen molar-refractivity contribution in [1.82, 2.24) is 19.5 Å². The van der Waals surface area contributed by atoms with Gasteiger partial charge in [0.05, 0.1) is 17.4 Å². The lowest BCUT2D eigenvalue weighted by Crippen LogP contribution is -2.36. The molecule has 0 amide bonds. The van der Waals surface area contributed by atoms with E-state index in [1.165, 1.54) is 12.1 Å². The number of phosphoric acid groups is 1. The normalized spacial score (nSPS) is 13.3. The first kappa shape index (κ1) is 28.9. The molecule has 0 aliphatic carbocycles. The van der Waals surface area contributed by atoms with Crippen LogP contribution in [0.5, 0.6) is 0 Å². The maximum atomic E-state index is 11.6. The lowest BCUT2D eigenvalue weighted by Gasteiger charge is -2.33. The summed E-state index contributed by atoms with van der Waals surface area (Å²) in [5, 5.41) is 7.95. The molecule has 12 heteroatoms. The third kappa shape index (κ3) is 6.25. The van der Waals surface area contributed by atoms with Gasteiger partial charge in [0.25, 0.3) is 0 Å². The number of nitrogens with zero attached hydrogens (tertiary/aromatic N) is 5. The Hall–Kier alpha value is -4.80. The monoisotopic (exact) mass is 621 g/mol. The predicted molar refractivity (Wildman–Crippen MR) is 177 cm³/mol. The van der Waals surface area contributed by atoms with Crippen LogP contribution in [-0.2, 0) is 15.8 Å². The van der Waals surface area contributed by atoms with E-state index in [1.807, 2.05) is 74.5 Å². The van der Waals surface area contributed by atoms with Gasteiger partial charge < -0.3 is 25.3 Å². The first-order valence-electron chi connectivity index (χ1n) is 14.6. The molecule has 228 valence electrons. The van der Waals surface area contributed by atoms with E-state index in [0.717, 1.165) is 63.6 Å². The standard InChI is InChI=1S/C33H32N7O4P/c1-21-5-3-6-25(15-21)36-26-17-31-33(34-19-26)40(20-44-45(41,42)43)32(38-31)23-7-9-24(10-8-23)37-30-16-22(2)35-29-12-11-27(18-28(29)30)39-13-4-14-39/h3,5-12,15-19,36H,4,13-14,20H2,1-2H3,(H,35,37)(H2,41,42,43). The second-order valence-electron chi connectivity index (χ2n) is 11.2. The van der Waals surface area contributed by atoms with Crippen LogP contribution in [0.25, 0.3) is 33.5 Å². The molecule has 0 spiro atoms. The molecule has 0 atom stereocenters. The molecule has 0 radical (unpaired) electrons. The van der Waals surface area contributed by atoms with Gasteiger partial charge in [-0.15, -0.1) is 0 Å². The molecule has 45 heavy (non-hydrogen) atoms. The number of aromatic nitrogens is 4. The average molecular weight is 622 g/mol. The van der Waals surface area contributed by atoms with Crippen molar-refractivity contribution in [2.45, 2.75) is 27.0 Å². The molecule has 3 aromatic carbocycles. The molecule has 0 saturated carbocycles. The summed E-state index contributed by atoms with van der Waals surface area (Å²) in [4.78, 5) is 35.3. The summed E-state index contributed by atoms with van der Waals surface area (Å²) in [6, 6.07) is 26.0. The summed E-state index contributed by atoms with van der Waals surface area (Å²) in [6.07, 6.45) is 2.87. The highest BCUT2D eigenvalue weighted by Crippen LogP contribution is 2.38. The summed E-state index contributed by atoms with van der Waals surface area (Å²) in [6.45, 7) is 5.72. The average Bonchev–Trinajstić information content (AvgIpc) is 3.33. The molecule has 1 aliphatic heterocycles. The first-order valence-corrected chi connectivity index (χ1v) is 16.2. The van der Waals surface area contributed by atoms with E-state index in [2.05, 4.69) is 38.7 Å². The topological polar surface area (TPSA) is 138 Å². The predicted octanol–water partition coefficient (Wildman–Crippen LogP) is 7.03. The van der Waals surface area contributed by atoms with Crippen LogP contribution >= 0.6 is 7.82 Å². The number of imidazole rings is 1. The minimum atomic E-state index is -4.74. The quantitative estimate of drug-likeness (QED) is 0.125. The maximum absolute atomic E-state index is 11.6. The molecule has 4 N–H and O–H groups in total. The Morgan fingerprint density at radius 1 is 0.867 bits per heavy atom. The number of phosphoric ester groups is 1.